The maximum Gasteiger partial charge on any atom is 0.313 e. The summed E-state index contributed by atoms with van der Waals surface area (Å²) in [6.45, 7) is 8.68. The molecule has 0 radical (unpaired) electrons. The van der Waals surface area contributed by atoms with Crippen LogP contribution >= 0.6 is 0 Å². The van der Waals surface area contributed by atoms with Crippen LogP contribution in [0.1, 0.15) is 58.4 Å². The van der Waals surface area contributed by atoms with Gasteiger partial charge in [0.05, 0.1) is 5.92 Å². The van der Waals surface area contributed by atoms with Gasteiger partial charge in [0.15, 0.2) is 0 Å². The normalized spacial score (nSPS) is 27.4. The highest BCUT2D eigenvalue weighted by atomic mass is 16.5. The monoisotopic (exact) mass is 288 g/mol. The van der Waals surface area contributed by atoms with Gasteiger partial charge in [-0.2, -0.15) is 0 Å². The molecule has 1 aliphatic carbocycles. The van der Waals surface area contributed by atoms with Gasteiger partial charge in [-0.25, -0.2) is 0 Å². The maximum atomic E-state index is 12.5. The van der Waals surface area contributed by atoms with E-state index in [-0.39, 0.29) is 18.0 Å². The average molecular weight is 288 g/mol. The van der Waals surface area contributed by atoms with Crippen LogP contribution in [0.4, 0.5) is 0 Å². The van der Waals surface area contributed by atoms with Crippen molar-refractivity contribution in [3.8, 4) is 0 Å². The molecule has 2 heteroatoms. The number of carbonyl (C=O) groups excluding carboxylic acids is 1. The van der Waals surface area contributed by atoms with Crippen LogP contribution in [0, 0.1) is 17.8 Å². The van der Waals surface area contributed by atoms with Crippen LogP contribution in [0.25, 0.3) is 0 Å². The van der Waals surface area contributed by atoms with Crippen molar-refractivity contribution in [1.82, 2.24) is 0 Å². The molecule has 0 aromatic heterocycles. The second-order valence-corrected chi connectivity index (χ2v) is 6.93. The Balaban J connectivity index is 2.02. The topological polar surface area (TPSA) is 26.3 Å². The largest absolute Gasteiger partial charge is 0.462 e. The van der Waals surface area contributed by atoms with Crippen molar-refractivity contribution in [2.75, 3.05) is 0 Å². The first kappa shape index (κ1) is 16.1. The summed E-state index contributed by atoms with van der Waals surface area (Å²) in [6, 6.07) is 9.90. The van der Waals surface area contributed by atoms with Crippen molar-refractivity contribution in [2.45, 2.75) is 59.0 Å². The number of hydrogen-bond acceptors (Lipinski definition) is 2. The molecule has 1 saturated carbocycles. The number of hydrogen-bond donors (Lipinski definition) is 0. The lowest BCUT2D eigenvalue weighted by Gasteiger charge is -2.37. The lowest BCUT2D eigenvalue weighted by Crippen LogP contribution is -2.36. The Morgan fingerprint density at radius 2 is 1.81 bits per heavy atom. The summed E-state index contributed by atoms with van der Waals surface area (Å²) in [5.74, 6) is 1.47. The van der Waals surface area contributed by atoms with E-state index in [1.165, 1.54) is 12.8 Å². The number of benzene rings is 1. The smallest absolute Gasteiger partial charge is 0.313 e. The molecular formula is C19H28O2. The lowest BCUT2D eigenvalue weighted by molar-refractivity contribution is -0.157. The van der Waals surface area contributed by atoms with Gasteiger partial charge in [0.25, 0.3) is 0 Å². The van der Waals surface area contributed by atoms with Gasteiger partial charge < -0.3 is 4.74 Å². The molecule has 1 aromatic rings. The summed E-state index contributed by atoms with van der Waals surface area (Å²) >= 11 is 0. The third-order valence-electron chi connectivity index (χ3n) is 4.88. The van der Waals surface area contributed by atoms with Crippen LogP contribution in [0.5, 0.6) is 0 Å². The molecule has 0 spiro atoms. The summed E-state index contributed by atoms with van der Waals surface area (Å²) < 4.78 is 5.91. The van der Waals surface area contributed by atoms with Crippen molar-refractivity contribution in [2.24, 2.45) is 17.8 Å². The molecule has 0 bridgehead atoms. The Hall–Kier alpha value is -1.31. The van der Waals surface area contributed by atoms with Crippen molar-refractivity contribution in [3.05, 3.63) is 35.9 Å². The quantitative estimate of drug-likeness (QED) is 0.744. The Labute approximate surface area is 128 Å². The van der Waals surface area contributed by atoms with Crippen LogP contribution in [0.2, 0.25) is 0 Å². The van der Waals surface area contributed by atoms with E-state index in [4.69, 9.17) is 4.74 Å². The molecule has 0 N–H and O–H groups in total. The van der Waals surface area contributed by atoms with Gasteiger partial charge in [0, 0.05) is 0 Å². The molecule has 1 aromatic carbocycles. The zero-order valence-electron chi connectivity index (χ0n) is 13.7. The molecule has 21 heavy (non-hydrogen) atoms. The molecule has 116 valence electrons. The fraction of sp³-hybridized carbons (Fsp3) is 0.632. The van der Waals surface area contributed by atoms with E-state index in [2.05, 4.69) is 20.8 Å². The van der Waals surface area contributed by atoms with Crippen LogP contribution in [-0.2, 0) is 9.53 Å². The van der Waals surface area contributed by atoms with Gasteiger partial charge in [-0.1, -0.05) is 57.5 Å². The van der Waals surface area contributed by atoms with E-state index in [0.717, 1.165) is 12.0 Å². The molecule has 0 amide bonds. The number of ether oxygens (including phenoxy) is 1. The fourth-order valence-corrected chi connectivity index (χ4v) is 3.38. The average Bonchev–Trinajstić information content (AvgIpc) is 2.47. The lowest BCUT2D eigenvalue weighted by atomic mass is 9.75. The minimum Gasteiger partial charge on any atom is -0.462 e. The van der Waals surface area contributed by atoms with Crippen LogP contribution in [-0.4, -0.2) is 12.1 Å². The van der Waals surface area contributed by atoms with E-state index in [0.29, 0.717) is 17.8 Å². The molecule has 1 fully saturated rings. The Morgan fingerprint density at radius 1 is 1.14 bits per heavy atom. The minimum atomic E-state index is -0.184. The van der Waals surface area contributed by atoms with Gasteiger partial charge in [-0.15, -0.1) is 0 Å². The van der Waals surface area contributed by atoms with Gasteiger partial charge >= 0.3 is 5.97 Å². The number of carbonyl (C=O) groups is 1. The number of esters is 1. The Morgan fingerprint density at radius 3 is 2.43 bits per heavy atom. The summed E-state index contributed by atoms with van der Waals surface area (Å²) in [4.78, 5) is 12.5. The van der Waals surface area contributed by atoms with E-state index in [9.17, 15) is 4.79 Å². The summed E-state index contributed by atoms with van der Waals surface area (Å²) in [5.41, 5.74) is 1.03. The van der Waals surface area contributed by atoms with Crippen LogP contribution < -0.4 is 0 Å². The van der Waals surface area contributed by atoms with Crippen LogP contribution in [0.3, 0.4) is 0 Å². The van der Waals surface area contributed by atoms with E-state index in [1.807, 2.05) is 37.3 Å². The first-order valence-electron chi connectivity index (χ1n) is 8.24. The summed E-state index contributed by atoms with van der Waals surface area (Å²) in [7, 11) is 0. The van der Waals surface area contributed by atoms with Gasteiger partial charge in [-0.05, 0) is 43.1 Å². The molecule has 0 saturated heterocycles. The standard InChI is InChI=1S/C19H28O2/c1-13(2)17-11-10-14(3)12-18(17)21-19(20)15(4)16-8-6-5-7-9-16/h5-9,13-15,17-18H,10-12H2,1-4H3/t14-,15+,17-,18+/m1/s1. The Bertz CT molecular complexity index is 452. The van der Waals surface area contributed by atoms with Crippen LogP contribution in [0.15, 0.2) is 30.3 Å². The third-order valence-corrected chi connectivity index (χ3v) is 4.88. The van der Waals surface area contributed by atoms with Crippen molar-refractivity contribution >= 4 is 5.97 Å². The van der Waals surface area contributed by atoms with Gasteiger partial charge in [-0.3, -0.25) is 4.79 Å². The molecule has 2 nitrogen and oxygen atoms in total. The zero-order valence-corrected chi connectivity index (χ0v) is 13.7. The maximum absolute atomic E-state index is 12.5. The highest BCUT2D eigenvalue weighted by Crippen LogP contribution is 2.36. The predicted octanol–water partition coefficient (Wildman–Crippen LogP) is 4.79. The zero-order chi connectivity index (χ0) is 15.4. The molecule has 0 aliphatic heterocycles. The van der Waals surface area contributed by atoms with E-state index >= 15 is 0 Å². The molecule has 2 rings (SSSR count). The molecule has 0 heterocycles. The fourth-order valence-electron chi connectivity index (χ4n) is 3.38. The first-order chi connectivity index (χ1) is 9.99. The van der Waals surface area contributed by atoms with Gasteiger partial charge in [0.2, 0.25) is 0 Å². The third kappa shape index (κ3) is 4.09. The van der Waals surface area contributed by atoms with E-state index < -0.39 is 0 Å². The highest BCUT2D eigenvalue weighted by Gasteiger charge is 2.34. The van der Waals surface area contributed by atoms with Gasteiger partial charge in [0.1, 0.15) is 6.10 Å². The molecule has 4 atom stereocenters. The SMILES string of the molecule is CC(C)[C@H]1CC[C@@H](C)C[C@@H]1OC(=O)[C@@H](C)c1ccccc1. The minimum absolute atomic E-state index is 0.0778. The number of rotatable bonds is 4. The molecular weight excluding hydrogens is 260 g/mol. The summed E-state index contributed by atoms with van der Waals surface area (Å²) in [5, 5.41) is 0. The molecule has 0 unspecified atom stereocenters. The first-order valence-corrected chi connectivity index (χ1v) is 8.24. The summed E-state index contributed by atoms with van der Waals surface area (Å²) in [6.07, 6.45) is 3.53. The van der Waals surface area contributed by atoms with Crippen molar-refractivity contribution in [1.29, 1.82) is 0 Å². The van der Waals surface area contributed by atoms with Crippen molar-refractivity contribution < 1.29 is 9.53 Å². The van der Waals surface area contributed by atoms with Crippen molar-refractivity contribution in [3.63, 3.8) is 0 Å². The molecule has 1 aliphatic rings. The van der Waals surface area contributed by atoms with E-state index in [1.54, 1.807) is 0 Å². The second-order valence-electron chi connectivity index (χ2n) is 6.93. The second kappa shape index (κ2) is 7.11. The Kier molecular flexibility index (Phi) is 5.44. The highest BCUT2D eigenvalue weighted by molar-refractivity contribution is 5.77. The predicted molar refractivity (Wildman–Crippen MR) is 86.1 cm³/mol.